The Kier molecular flexibility index (Phi) is 2.53. The van der Waals surface area contributed by atoms with Crippen molar-refractivity contribution in [2.45, 2.75) is 53.1 Å². The minimum atomic E-state index is 0.366. The van der Waals surface area contributed by atoms with E-state index in [1.54, 1.807) is 0 Å². The molecule has 0 radical (unpaired) electrons. The quantitative estimate of drug-likeness (QED) is 0.583. The molecule has 0 bridgehead atoms. The summed E-state index contributed by atoms with van der Waals surface area (Å²) >= 11 is 0. The van der Waals surface area contributed by atoms with Crippen LogP contribution in [-0.2, 0) is 0 Å². The van der Waals surface area contributed by atoms with E-state index in [-0.39, 0.29) is 0 Å². The highest BCUT2D eigenvalue weighted by Gasteiger charge is 2.42. The first-order valence-corrected chi connectivity index (χ1v) is 5.10. The molecule has 0 aromatic carbocycles. The van der Waals surface area contributed by atoms with Crippen molar-refractivity contribution < 1.29 is 0 Å². The van der Waals surface area contributed by atoms with E-state index < -0.39 is 0 Å². The number of hydrogen-bond donors (Lipinski definition) is 0. The average molecular weight is 169 g/mol. The van der Waals surface area contributed by atoms with Crippen molar-refractivity contribution in [3.05, 3.63) is 0 Å². The van der Waals surface area contributed by atoms with Gasteiger partial charge in [-0.1, -0.05) is 13.8 Å². The van der Waals surface area contributed by atoms with Crippen molar-refractivity contribution >= 4 is 0 Å². The van der Waals surface area contributed by atoms with Crippen LogP contribution < -0.4 is 0 Å². The van der Waals surface area contributed by atoms with Gasteiger partial charge in [0.25, 0.3) is 0 Å². The van der Waals surface area contributed by atoms with Crippen molar-refractivity contribution in [3.63, 3.8) is 0 Å². The molecular formula is C11H23N. The summed E-state index contributed by atoms with van der Waals surface area (Å²) < 4.78 is 0. The van der Waals surface area contributed by atoms with Crippen molar-refractivity contribution in [1.82, 2.24) is 4.90 Å². The van der Waals surface area contributed by atoms with Crippen molar-refractivity contribution in [2.24, 2.45) is 11.8 Å². The van der Waals surface area contributed by atoms with Crippen LogP contribution >= 0.6 is 0 Å². The van der Waals surface area contributed by atoms with Gasteiger partial charge in [0, 0.05) is 18.1 Å². The zero-order valence-corrected chi connectivity index (χ0v) is 9.39. The molecule has 1 aliphatic heterocycles. The Bertz CT molecular complexity index is 155. The number of likely N-dealkylation sites (tertiary alicyclic amines) is 1. The van der Waals surface area contributed by atoms with Crippen LogP contribution in [0.5, 0.6) is 0 Å². The lowest BCUT2D eigenvalue weighted by Gasteiger charge is -2.55. The van der Waals surface area contributed by atoms with E-state index in [4.69, 9.17) is 0 Å². The Labute approximate surface area is 77.1 Å². The molecule has 1 heterocycles. The third-order valence-electron chi connectivity index (χ3n) is 3.24. The van der Waals surface area contributed by atoms with Gasteiger partial charge < -0.3 is 0 Å². The standard InChI is InChI=1S/C11H23N/c1-8(2)10-7-12(9(10)3)11(4,5)6/h8-10H,7H2,1-6H3. The van der Waals surface area contributed by atoms with Gasteiger partial charge >= 0.3 is 0 Å². The monoisotopic (exact) mass is 169 g/mol. The van der Waals surface area contributed by atoms with Crippen molar-refractivity contribution in [3.8, 4) is 0 Å². The maximum atomic E-state index is 2.59. The Balaban J connectivity index is 2.49. The molecule has 1 saturated heterocycles. The number of nitrogens with zero attached hydrogens (tertiary/aromatic N) is 1. The fraction of sp³-hybridized carbons (Fsp3) is 1.00. The summed E-state index contributed by atoms with van der Waals surface area (Å²) in [6.45, 7) is 15.2. The molecule has 12 heavy (non-hydrogen) atoms. The summed E-state index contributed by atoms with van der Waals surface area (Å²) in [6.07, 6.45) is 0. The maximum absolute atomic E-state index is 2.59. The lowest BCUT2D eigenvalue weighted by Crippen LogP contribution is -2.63. The molecular weight excluding hydrogens is 146 g/mol. The maximum Gasteiger partial charge on any atom is 0.0128 e. The molecule has 1 fully saturated rings. The van der Waals surface area contributed by atoms with Crippen LogP contribution in [0.4, 0.5) is 0 Å². The molecule has 1 rings (SSSR count). The number of rotatable bonds is 1. The molecule has 2 unspecified atom stereocenters. The highest BCUT2D eigenvalue weighted by molar-refractivity contribution is 4.96. The predicted molar refractivity (Wildman–Crippen MR) is 54.2 cm³/mol. The van der Waals surface area contributed by atoms with Gasteiger partial charge in [0.05, 0.1) is 0 Å². The summed E-state index contributed by atoms with van der Waals surface area (Å²) in [7, 11) is 0. The van der Waals surface area contributed by atoms with E-state index in [1.807, 2.05) is 0 Å². The molecule has 0 aromatic heterocycles. The Hall–Kier alpha value is -0.0400. The van der Waals surface area contributed by atoms with E-state index in [1.165, 1.54) is 6.54 Å². The molecule has 0 saturated carbocycles. The lowest BCUT2D eigenvalue weighted by molar-refractivity contribution is -0.0630. The topological polar surface area (TPSA) is 3.24 Å². The minimum absolute atomic E-state index is 0.366. The molecule has 2 atom stereocenters. The van der Waals surface area contributed by atoms with Crippen LogP contribution in [0, 0.1) is 11.8 Å². The fourth-order valence-corrected chi connectivity index (χ4v) is 2.29. The molecule has 72 valence electrons. The molecule has 0 amide bonds. The lowest BCUT2D eigenvalue weighted by atomic mass is 9.78. The van der Waals surface area contributed by atoms with Gasteiger partial charge in [-0.25, -0.2) is 0 Å². The van der Waals surface area contributed by atoms with Crippen LogP contribution in [0.2, 0.25) is 0 Å². The first kappa shape index (κ1) is 10.0. The smallest absolute Gasteiger partial charge is 0.0128 e. The van der Waals surface area contributed by atoms with Crippen molar-refractivity contribution in [1.29, 1.82) is 0 Å². The average Bonchev–Trinajstić information content (AvgIpc) is 1.80. The van der Waals surface area contributed by atoms with E-state index in [2.05, 4.69) is 46.4 Å². The van der Waals surface area contributed by atoms with Gasteiger partial charge in [0.2, 0.25) is 0 Å². The highest BCUT2D eigenvalue weighted by Crippen LogP contribution is 2.35. The van der Waals surface area contributed by atoms with Gasteiger partial charge in [-0.15, -0.1) is 0 Å². The minimum Gasteiger partial charge on any atom is -0.295 e. The zero-order chi connectivity index (χ0) is 9.52. The first-order valence-electron chi connectivity index (χ1n) is 5.10. The van der Waals surface area contributed by atoms with Crippen LogP contribution in [0.1, 0.15) is 41.5 Å². The Morgan fingerprint density at radius 1 is 1.25 bits per heavy atom. The zero-order valence-electron chi connectivity index (χ0n) is 9.39. The second-order valence-electron chi connectivity index (χ2n) is 5.47. The van der Waals surface area contributed by atoms with Crippen molar-refractivity contribution in [2.75, 3.05) is 6.54 Å². The molecule has 1 nitrogen and oxygen atoms in total. The fourth-order valence-electron chi connectivity index (χ4n) is 2.29. The van der Waals surface area contributed by atoms with Gasteiger partial charge in [0.15, 0.2) is 0 Å². The number of hydrogen-bond acceptors (Lipinski definition) is 1. The summed E-state index contributed by atoms with van der Waals surface area (Å²) in [5.41, 5.74) is 0.366. The molecule has 0 N–H and O–H groups in total. The summed E-state index contributed by atoms with van der Waals surface area (Å²) in [5.74, 6) is 1.77. The molecule has 0 spiro atoms. The first-order chi connectivity index (χ1) is 5.34. The third-order valence-corrected chi connectivity index (χ3v) is 3.24. The Morgan fingerprint density at radius 3 is 2.00 bits per heavy atom. The molecule has 0 aliphatic carbocycles. The van der Waals surface area contributed by atoms with E-state index >= 15 is 0 Å². The van der Waals surface area contributed by atoms with Gasteiger partial charge in [-0.2, -0.15) is 0 Å². The summed E-state index contributed by atoms with van der Waals surface area (Å²) in [4.78, 5) is 2.59. The van der Waals surface area contributed by atoms with E-state index in [0.717, 1.165) is 17.9 Å². The SMILES string of the molecule is CC(C)C1CN(C(C)(C)C)C1C. The normalized spacial score (nSPS) is 32.2. The van der Waals surface area contributed by atoms with E-state index in [9.17, 15) is 0 Å². The van der Waals surface area contributed by atoms with Gasteiger partial charge in [0.1, 0.15) is 0 Å². The predicted octanol–water partition coefficient (Wildman–Crippen LogP) is 2.76. The van der Waals surface area contributed by atoms with E-state index in [0.29, 0.717) is 5.54 Å². The largest absolute Gasteiger partial charge is 0.295 e. The van der Waals surface area contributed by atoms with Crippen LogP contribution in [0.3, 0.4) is 0 Å². The Morgan fingerprint density at radius 2 is 1.75 bits per heavy atom. The molecule has 0 aromatic rings. The van der Waals surface area contributed by atoms with Crippen LogP contribution in [-0.4, -0.2) is 23.0 Å². The summed E-state index contributed by atoms with van der Waals surface area (Å²) in [6, 6.07) is 0.782. The van der Waals surface area contributed by atoms with Crippen LogP contribution in [0.15, 0.2) is 0 Å². The molecule has 1 heteroatoms. The third kappa shape index (κ3) is 1.66. The second-order valence-corrected chi connectivity index (χ2v) is 5.47. The van der Waals surface area contributed by atoms with Gasteiger partial charge in [-0.05, 0) is 39.5 Å². The molecule has 1 aliphatic rings. The van der Waals surface area contributed by atoms with Crippen LogP contribution in [0.25, 0.3) is 0 Å². The highest BCUT2D eigenvalue weighted by atomic mass is 15.3. The summed E-state index contributed by atoms with van der Waals surface area (Å²) in [5, 5.41) is 0. The second kappa shape index (κ2) is 3.02. The van der Waals surface area contributed by atoms with Gasteiger partial charge in [-0.3, -0.25) is 4.90 Å².